The Morgan fingerprint density at radius 2 is 2.06 bits per heavy atom. The molecule has 3 fully saturated rings. The number of ketones is 1. The Morgan fingerprint density at radius 1 is 1.19 bits per heavy atom. The molecule has 1 aliphatic heterocycles. The Morgan fingerprint density at radius 3 is 2.88 bits per heavy atom. The quantitative estimate of drug-likeness (QED) is 0.678. The number of hydrogen-bond acceptors (Lipinski definition) is 3. The number of rotatable bonds is 1. The summed E-state index contributed by atoms with van der Waals surface area (Å²) in [5, 5.41) is 0. The molecule has 0 N–H and O–H groups in total. The Hall–Kier alpha value is -0.410. The first-order chi connectivity index (χ1) is 7.84. The molecule has 0 spiro atoms. The van der Waals surface area contributed by atoms with Gasteiger partial charge in [-0.15, -0.1) is 0 Å². The van der Waals surface area contributed by atoms with Crippen molar-refractivity contribution in [1.82, 2.24) is 4.90 Å². The first-order valence-corrected chi connectivity index (χ1v) is 6.73. The van der Waals surface area contributed by atoms with E-state index >= 15 is 0 Å². The zero-order valence-electron chi connectivity index (χ0n) is 9.86. The average molecular weight is 223 g/mol. The highest BCUT2D eigenvalue weighted by atomic mass is 16.5. The van der Waals surface area contributed by atoms with E-state index in [0.29, 0.717) is 24.0 Å². The first-order valence-electron chi connectivity index (χ1n) is 6.73. The van der Waals surface area contributed by atoms with Gasteiger partial charge in [-0.3, -0.25) is 9.69 Å². The maximum absolute atomic E-state index is 11.4. The largest absolute Gasteiger partial charge is 0.375 e. The summed E-state index contributed by atoms with van der Waals surface area (Å²) in [6.45, 7) is 1.91. The summed E-state index contributed by atoms with van der Waals surface area (Å²) >= 11 is 0. The van der Waals surface area contributed by atoms with Crippen molar-refractivity contribution < 1.29 is 9.53 Å². The number of fused-ring (bicyclic) bond motifs is 1. The van der Waals surface area contributed by atoms with Crippen molar-refractivity contribution in [2.75, 3.05) is 13.2 Å². The van der Waals surface area contributed by atoms with Gasteiger partial charge in [-0.1, -0.05) is 12.8 Å². The minimum absolute atomic E-state index is 0.457. The lowest BCUT2D eigenvalue weighted by Gasteiger charge is -2.46. The van der Waals surface area contributed by atoms with Gasteiger partial charge in [-0.25, -0.2) is 0 Å². The van der Waals surface area contributed by atoms with Gasteiger partial charge in [0.1, 0.15) is 5.78 Å². The molecule has 3 heteroatoms. The maximum Gasteiger partial charge on any atom is 0.134 e. The van der Waals surface area contributed by atoms with Crippen LogP contribution in [0.3, 0.4) is 0 Å². The van der Waals surface area contributed by atoms with Crippen molar-refractivity contribution in [3.63, 3.8) is 0 Å². The standard InChI is InChI=1S/C13H21NO2/c15-11-6-5-10(9-11)14-7-8-16-13-4-2-1-3-12(13)14/h10,12-13H,1-9H2. The molecule has 2 saturated carbocycles. The van der Waals surface area contributed by atoms with Gasteiger partial charge < -0.3 is 4.74 Å². The monoisotopic (exact) mass is 223 g/mol. The van der Waals surface area contributed by atoms with Gasteiger partial charge in [0, 0.05) is 31.5 Å². The molecule has 3 unspecified atom stereocenters. The van der Waals surface area contributed by atoms with Crippen molar-refractivity contribution in [3.8, 4) is 0 Å². The number of ether oxygens (including phenoxy) is 1. The van der Waals surface area contributed by atoms with Gasteiger partial charge in [-0.05, 0) is 19.3 Å². The molecule has 3 atom stereocenters. The highest BCUT2D eigenvalue weighted by molar-refractivity contribution is 5.81. The van der Waals surface area contributed by atoms with Crippen LogP contribution in [0.15, 0.2) is 0 Å². The van der Waals surface area contributed by atoms with Gasteiger partial charge in [0.2, 0.25) is 0 Å². The number of Topliss-reactive ketones (excluding diaryl/α,β-unsaturated/α-hetero) is 1. The summed E-state index contributed by atoms with van der Waals surface area (Å²) in [6.07, 6.45) is 8.29. The summed E-state index contributed by atoms with van der Waals surface area (Å²) in [5.41, 5.74) is 0. The number of hydrogen-bond donors (Lipinski definition) is 0. The Balaban J connectivity index is 1.70. The van der Waals surface area contributed by atoms with Gasteiger partial charge >= 0.3 is 0 Å². The molecule has 0 aromatic carbocycles. The van der Waals surface area contributed by atoms with E-state index in [-0.39, 0.29) is 0 Å². The molecule has 90 valence electrons. The van der Waals surface area contributed by atoms with Crippen molar-refractivity contribution in [2.45, 2.75) is 63.1 Å². The minimum atomic E-state index is 0.457. The van der Waals surface area contributed by atoms with E-state index in [1.54, 1.807) is 0 Å². The van der Waals surface area contributed by atoms with Crippen LogP contribution in [0.25, 0.3) is 0 Å². The van der Waals surface area contributed by atoms with Crippen molar-refractivity contribution >= 4 is 5.78 Å². The minimum Gasteiger partial charge on any atom is -0.375 e. The maximum atomic E-state index is 11.4. The van der Waals surface area contributed by atoms with Crippen molar-refractivity contribution in [3.05, 3.63) is 0 Å². The van der Waals surface area contributed by atoms with E-state index in [4.69, 9.17) is 4.74 Å². The lowest BCUT2D eigenvalue weighted by molar-refractivity contribution is -0.119. The fourth-order valence-electron chi connectivity index (χ4n) is 3.66. The third kappa shape index (κ3) is 1.91. The molecule has 3 nitrogen and oxygen atoms in total. The molecule has 3 aliphatic rings. The molecule has 0 aromatic rings. The molecule has 0 amide bonds. The van der Waals surface area contributed by atoms with Gasteiger partial charge in [0.05, 0.1) is 12.7 Å². The van der Waals surface area contributed by atoms with Crippen LogP contribution in [0, 0.1) is 0 Å². The first kappa shape index (κ1) is 10.7. The summed E-state index contributed by atoms with van der Waals surface area (Å²) in [5.74, 6) is 0.462. The Bertz CT molecular complexity index is 277. The summed E-state index contributed by atoms with van der Waals surface area (Å²) < 4.78 is 5.87. The van der Waals surface area contributed by atoms with Crippen LogP contribution in [0.2, 0.25) is 0 Å². The van der Waals surface area contributed by atoms with Gasteiger partial charge in [0.25, 0.3) is 0 Å². The molecule has 0 aromatic heterocycles. The normalized spacial score (nSPS) is 41.0. The molecular weight excluding hydrogens is 202 g/mol. The van der Waals surface area contributed by atoms with E-state index in [2.05, 4.69) is 4.90 Å². The Labute approximate surface area is 97.1 Å². The second-order valence-corrected chi connectivity index (χ2v) is 5.43. The van der Waals surface area contributed by atoms with Crippen LogP contribution in [-0.4, -0.2) is 42.0 Å². The SMILES string of the molecule is O=C1CCC(N2CCOC3CCCCC32)C1. The van der Waals surface area contributed by atoms with Gasteiger partial charge in [-0.2, -0.15) is 0 Å². The zero-order valence-corrected chi connectivity index (χ0v) is 9.86. The number of morpholine rings is 1. The molecular formula is C13H21NO2. The highest BCUT2D eigenvalue weighted by Crippen LogP contribution is 2.33. The fourth-order valence-corrected chi connectivity index (χ4v) is 3.66. The lowest BCUT2D eigenvalue weighted by atomic mass is 9.89. The number of nitrogens with zero attached hydrogens (tertiary/aromatic N) is 1. The third-order valence-electron chi connectivity index (χ3n) is 4.46. The fraction of sp³-hybridized carbons (Fsp3) is 0.923. The van der Waals surface area contributed by atoms with Crippen LogP contribution in [-0.2, 0) is 9.53 Å². The predicted molar refractivity (Wildman–Crippen MR) is 61.3 cm³/mol. The van der Waals surface area contributed by atoms with E-state index in [0.717, 1.165) is 32.4 Å². The van der Waals surface area contributed by atoms with Gasteiger partial charge in [0.15, 0.2) is 0 Å². The number of carbonyl (C=O) groups is 1. The van der Waals surface area contributed by atoms with E-state index in [1.807, 2.05) is 0 Å². The molecule has 1 heterocycles. The van der Waals surface area contributed by atoms with E-state index in [1.165, 1.54) is 25.7 Å². The van der Waals surface area contributed by atoms with Crippen LogP contribution in [0.4, 0.5) is 0 Å². The molecule has 0 radical (unpaired) electrons. The molecule has 2 aliphatic carbocycles. The molecule has 16 heavy (non-hydrogen) atoms. The van der Waals surface area contributed by atoms with Crippen molar-refractivity contribution in [2.24, 2.45) is 0 Å². The second-order valence-electron chi connectivity index (χ2n) is 5.43. The summed E-state index contributed by atoms with van der Waals surface area (Å²) in [6, 6.07) is 1.14. The highest BCUT2D eigenvalue weighted by Gasteiger charge is 2.39. The zero-order chi connectivity index (χ0) is 11.0. The van der Waals surface area contributed by atoms with Crippen LogP contribution >= 0.6 is 0 Å². The summed E-state index contributed by atoms with van der Waals surface area (Å²) in [7, 11) is 0. The average Bonchev–Trinajstić information content (AvgIpc) is 2.75. The molecule has 3 rings (SSSR count). The molecule has 0 bridgehead atoms. The smallest absolute Gasteiger partial charge is 0.134 e. The third-order valence-corrected chi connectivity index (χ3v) is 4.46. The lowest BCUT2D eigenvalue weighted by Crippen LogP contribution is -2.55. The molecule has 1 saturated heterocycles. The second kappa shape index (κ2) is 4.46. The van der Waals surface area contributed by atoms with Crippen LogP contribution < -0.4 is 0 Å². The number of carbonyl (C=O) groups excluding carboxylic acids is 1. The van der Waals surface area contributed by atoms with E-state index < -0.39 is 0 Å². The van der Waals surface area contributed by atoms with Crippen LogP contribution in [0.1, 0.15) is 44.9 Å². The van der Waals surface area contributed by atoms with E-state index in [9.17, 15) is 4.79 Å². The van der Waals surface area contributed by atoms with Crippen LogP contribution in [0.5, 0.6) is 0 Å². The topological polar surface area (TPSA) is 29.5 Å². The summed E-state index contributed by atoms with van der Waals surface area (Å²) in [4.78, 5) is 14.0. The predicted octanol–water partition coefficient (Wildman–Crippen LogP) is 1.75. The van der Waals surface area contributed by atoms with Crippen molar-refractivity contribution in [1.29, 1.82) is 0 Å². The Kier molecular flexibility index (Phi) is 2.99.